The molecule has 112 valence electrons. The zero-order chi connectivity index (χ0) is 14.6. The van der Waals surface area contributed by atoms with E-state index in [0.29, 0.717) is 11.5 Å². The Hall–Kier alpha value is -1.06. The molecule has 1 fully saturated rings. The maximum Gasteiger partial charge on any atom is 0.118 e. The molecule has 1 aromatic carbocycles. The molecule has 0 N–H and O–H groups in total. The highest BCUT2D eigenvalue weighted by atomic mass is 16.5. The van der Waals surface area contributed by atoms with E-state index in [1.807, 2.05) is 12.1 Å². The summed E-state index contributed by atoms with van der Waals surface area (Å²) in [5.41, 5.74) is 1.74. The Balaban J connectivity index is 1.77. The molecule has 0 saturated carbocycles. The molecule has 0 amide bonds. The van der Waals surface area contributed by atoms with E-state index < -0.39 is 0 Å². The topological polar surface area (TPSA) is 21.7 Å². The Morgan fingerprint density at radius 3 is 2.45 bits per heavy atom. The second-order valence-corrected chi connectivity index (χ2v) is 6.45. The fraction of sp³-hybridized carbons (Fsp3) is 0.647. The number of aryl methyl sites for hydroxylation is 1. The van der Waals surface area contributed by atoms with Crippen LogP contribution in [0.15, 0.2) is 24.3 Å². The molecular weight excluding hydrogens is 250 g/mol. The van der Waals surface area contributed by atoms with Gasteiger partial charge in [0.15, 0.2) is 0 Å². The molecule has 1 aliphatic rings. The maximum atomic E-state index is 5.33. The first kappa shape index (κ1) is 15.3. The lowest BCUT2D eigenvalue weighted by Crippen LogP contribution is -2.49. The van der Waals surface area contributed by atoms with E-state index in [2.05, 4.69) is 37.9 Å². The van der Waals surface area contributed by atoms with Crippen LogP contribution in [0.5, 0.6) is 5.75 Å². The first-order valence-electron chi connectivity index (χ1n) is 7.43. The smallest absolute Gasteiger partial charge is 0.118 e. The van der Waals surface area contributed by atoms with Gasteiger partial charge in [-0.2, -0.15) is 0 Å². The summed E-state index contributed by atoms with van der Waals surface area (Å²) >= 11 is 0. The van der Waals surface area contributed by atoms with Crippen molar-refractivity contribution in [3.8, 4) is 5.75 Å². The summed E-state index contributed by atoms with van der Waals surface area (Å²) < 4.78 is 10.5. The van der Waals surface area contributed by atoms with Gasteiger partial charge in [0.05, 0.1) is 20.3 Å². The first-order chi connectivity index (χ1) is 9.52. The summed E-state index contributed by atoms with van der Waals surface area (Å²) in [4.78, 5) is 2.46. The highest BCUT2D eigenvalue weighted by Gasteiger charge is 2.35. The van der Waals surface area contributed by atoms with E-state index >= 15 is 0 Å². The van der Waals surface area contributed by atoms with Crippen molar-refractivity contribution >= 4 is 0 Å². The number of ether oxygens (including phenoxy) is 2. The maximum absolute atomic E-state index is 5.33. The lowest BCUT2D eigenvalue weighted by atomic mass is 9.87. The monoisotopic (exact) mass is 277 g/mol. The summed E-state index contributed by atoms with van der Waals surface area (Å²) in [5, 5.41) is 0. The van der Waals surface area contributed by atoms with Crippen LogP contribution in [-0.4, -0.2) is 44.9 Å². The molecule has 0 aromatic heterocycles. The van der Waals surface area contributed by atoms with Gasteiger partial charge >= 0.3 is 0 Å². The lowest BCUT2D eigenvalue weighted by Gasteiger charge is -2.42. The van der Waals surface area contributed by atoms with Crippen LogP contribution in [0.4, 0.5) is 0 Å². The molecule has 1 aromatic rings. The fourth-order valence-electron chi connectivity index (χ4n) is 2.69. The Morgan fingerprint density at radius 1 is 1.30 bits per heavy atom. The summed E-state index contributed by atoms with van der Waals surface area (Å²) in [6.45, 7) is 7.55. The number of nitrogens with zero attached hydrogens (tertiary/aromatic N) is 1. The molecule has 3 heteroatoms. The van der Waals surface area contributed by atoms with Gasteiger partial charge in [0.1, 0.15) is 5.75 Å². The van der Waals surface area contributed by atoms with Crippen LogP contribution in [0.25, 0.3) is 0 Å². The van der Waals surface area contributed by atoms with E-state index in [-0.39, 0.29) is 0 Å². The summed E-state index contributed by atoms with van der Waals surface area (Å²) in [6.07, 6.45) is 2.29. The number of hydrogen-bond acceptors (Lipinski definition) is 3. The number of rotatable bonds is 7. The largest absolute Gasteiger partial charge is 0.497 e. The van der Waals surface area contributed by atoms with Crippen molar-refractivity contribution in [2.75, 3.05) is 33.9 Å². The van der Waals surface area contributed by atoms with Crippen LogP contribution >= 0.6 is 0 Å². The molecule has 1 saturated heterocycles. The highest BCUT2D eigenvalue weighted by Crippen LogP contribution is 2.28. The van der Waals surface area contributed by atoms with Crippen LogP contribution in [0.1, 0.15) is 25.8 Å². The average molecular weight is 277 g/mol. The number of methoxy groups -OCH3 is 1. The molecule has 0 bridgehead atoms. The van der Waals surface area contributed by atoms with Gasteiger partial charge < -0.3 is 14.4 Å². The van der Waals surface area contributed by atoms with Crippen molar-refractivity contribution in [1.29, 1.82) is 0 Å². The molecule has 0 spiro atoms. The van der Waals surface area contributed by atoms with Gasteiger partial charge in [0, 0.05) is 18.0 Å². The molecule has 0 unspecified atom stereocenters. The van der Waals surface area contributed by atoms with E-state index in [9.17, 15) is 0 Å². The quantitative estimate of drug-likeness (QED) is 0.765. The molecule has 1 heterocycles. The zero-order valence-corrected chi connectivity index (χ0v) is 13.2. The predicted molar refractivity (Wildman–Crippen MR) is 82.3 cm³/mol. The Morgan fingerprint density at radius 2 is 1.95 bits per heavy atom. The van der Waals surface area contributed by atoms with Gasteiger partial charge in [-0.1, -0.05) is 19.1 Å². The standard InChI is InChI=1S/C17H27NO2/c1-14(18(3)11-17(2)12-20-13-17)5-6-15-7-9-16(19-4)10-8-15/h7-10,14H,5-6,11-13H2,1-4H3/t14-/m1/s1. The van der Waals surface area contributed by atoms with Gasteiger partial charge in [-0.15, -0.1) is 0 Å². The summed E-state index contributed by atoms with van der Waals surface area (Å²) in [5.74, 6) is 0.928. The van der Waals surface area contributed by atoms with Crippen LogP contribution in [0.2, 0.25) is 0 Å². The van der Waals surface area contributed by atoms with Crippen molar-refractivity contribution < 1.29 is 9.47 Å². The Labute approximate surface area is 122 Å². The normalized spacial score (nSPS) is 18.6. The predicted octanol–water partition coefficient (Wildman–Crippen LogP) is 2.98. The molecule has 3 nitrogen and oxygen atoms in total. The summed E-state index contributed by atoms with van der Waals surface area (Å²) in [6, 6.07) is 8.99. The SMILES string of the molecule is COc1ccc(CC[C@@H](C)N(C)CC2(C)COC2)cc1. The third-order valence-electron chi connectivity index (χ3n) is 4.29. The van der Waals surface area contributed by atoms with Gasteiger partial charge in [-0.3, -0.25) is 0 Å². The van der Waals surface area contributed by atoms with Crippen molar-refractivity contribution in [3.63, 3.8) is 0 Å². The highest BCUT2D eigenvalue weighted by molar-refractivity contribution is 5.27. The molecule has 0 aliphatic carbocycles. The fourth-order valence-corrected chi connectivity index (χ4v) is 2.69. The number of hydrogen-bond donors (Lipinski definition) is 0. The van der Waals surface area contributed by atoms with E-state index in [0.717, 1.165) is 31.9 Å². The van der Waals surface area contributed by atoms with E-state index in [1.54, 1.807) is 7.11 Å². The second-order valence-electron chi connectivity index (χ2n) is 6.45. The van der Waals surface area contributed by atoms with Crippen molar-refractivity contribution in [2.45, 2.75) is 32.7 Å². The van der Waals surface area contributed by atoms with Gasteiger partial charge in [0.2, 0.25) is 0 Å². The van der Waals surface area contributed by atoms with Gasteiger partial charge in [-0.05, 0) is 44.5 Å². The Bertz CT molecular complexity index is 412. The minimum Gasteiger partial charge on any atom is -0.497 e. The third-order valence-corrected chi connectivity index (χ3v) is 4.29. The van der Waals surface area contributed by atoms with Crippen molar-refractivity contribution in [2.24, 2.45) is 5.41 Å². The molecule has 1 aliphatic heterocycles. The van der Waals surface area contributed by atoms with E-state index in [1.165, 1.54) is 12.0 Å². The molecular formula is C17H27NO2. The molecule has 1 atom stereocenters. The number of benzene rings is 1. The van der Waals surface area contributed by atoms with Crippen molar-refractivity contribution in [3.05, 3.63) is 29.8 Å². The minimum atomic E-state index is 0.364. The van der Waals surface area contributed by atoms with Gasteiger partial charge in [0.25, 0.3) is 0 Å². The lowest BCUT2D eigenvalue weighted by molar-refractivity contribution is -0.115. The second kappa shape index (κ2) is 6.59. The zero-order valence-electron chi connectivity index (χ0n) is 13.2. The first-order valence-corrected chi connectivity index (χ1v) is 7.43. The Kier molecular flexibility index (Phi) is 5.06. The van der Waals surface area contributed by atoms with Crippen molar-refractivity contribution in [1.82, 2.24) is 4.90 Å². The van der Waals surface area contributed by atoms with Crippen LogP contribution in [-0.2, 0) is 11.2 Å². The molecule has 20 heavy (non-hydrogen) atoms. The van der Waals surface area contributed by atoms with Gasteiger partial charge in [-0.25, -0.2) is 0 Å². The van der Waals surface area contributed by atoms with Crippen LogP contribution in [0, 0.1) is 5.41 Å². The molecule has 2 rings (SSSR count). The average Bonchev–Trinajstić information content (AvgIpc) is 2.43. The minimum absolute atomic E-state index is 0.364. The van der Waals surface area contributed by atoms with Crippen LogP contribution in [0.3, 0.4) is 0 Å². The van der Waals surface area contributed by atoms with Crippen LogP contribution < -0.4 is 4.74 Å². The van der Waals surface area contributed by atoms with E-state index in [4.69, 9.17) is 9.47 Å². The molecule has 0 radical (unpaired) electrons. The third kappa shape index (κ3) is 3.97. The summed E-state index contributed by atoms with van der Waals surface area (Å²) in [7, 11) is 3.93.